The van der Waals surface area contributed by atoms with E-state index in [4.69, 9.17) is 13.7 Å². The van der Waals surface area contributed by atoms with Gasteiger partial charge in [0, 0.05) is 13.5 Å². The molecule has 0 amide bonds. The summed E-state index contributed by atoms with van der Waals surface area (Å²) in [6, 6.07) is 3.66. The summed E-state index contributed by atoms with van der Waals surface area (Å²) in [4.78, 5) is 4.37. The van der Waals surface area contributed by atoms with Crippen LogP contribution in [0.4, 0.5) is 0 Å². The molecule has 7 nitrogen and oxygen atoms in total. The summed E-state index contributed by atoms with van der Waals surface area (Å²) in [6.07, 6.45) is 5.14. The van der Waals surface area contributed by atoms with E-state index in [0.29, 0.717) is 24.9 Å². The Balaban J connectivity index is 1.49. The molecule has 23 heavy (non-hydrogen) atoms. The molecule has 1 aliphatic rings. The quantitative estimate of drug-likeness (QED) is 0.767. The third-order valence-corrected chi connectivity index (χ3v) is 4.22. The lowest BCUT2D eigenvalue weighted by molar-refractivity contribution is 0.0185. The van der Waals surface area contributed by atoms with Crippen LogP contribution in [0, 0.1) is 6.92 Å². The van der Waals surface area contributed by atoms with Gasteiger partial charge in [-0.05, 0) is 25.0 Å². The van der Waals surface area contributed by atoms with Crippen LogP contribution in [0.1, 0.15) is 43.2 Å². The van der Waals surface area contributed by atoms with E-state index in [2.05, 4.69) is 15.5 Å². The van der Waals surface area contributed by atoms with Gasteiger partial charge in [-0.25, -0.2) is 0 Å². The fourth-order valence-electron chi connectivity index (χ4n) is 3.01. The Kier molecular flexibility index (Phi) is 5.09. The number of aromatic nitrogens is 2. The zero-order valence-corrected chi connectivity index (χ0v) is 13.3. The van der Waals surface area contributed by atoms with Gasteiger partial charge in [-0.1, -0.05) is 18.0 Å². The number of aliphatic hydroxyl groups is 1. The average molecular weight is 321 g/mol. The number of rotatable bonds is 8. The highest BCUT2D eigenvalue weighted by atomic mass is 16.5. The van der Waals surface area contributed by atoms with Crippen molar-refractivity contribution >= 4 is 0 Å². The number of nitrogens with one attached hydrogen (secondary N) is 1. The Morgan fingerprint density at radius 3 is 2.91 bits per heavy atom. The molecule has 0 bridgehead atoms. The van der Waals surface area contributed by atoms with E-state index >= 15 is 0 Å². The van der Waals surface area contributed by atoms with E-state index in [1.165, 1.54) is 0 Å². The average Bonchev–Trinajstić information content (AvgIpc) is 3.27. The Morgan fingerprint density at radius 1 is 1.43 bits per heavy atom. The molecule has 0 radical (unpaired) electrons. The largest absolute Gasteiger partial charge is 0.467 e. The van der Waals surface area contributed by atoms with Gasteiger partial charge in [-0.15, -0.1) is 0 Å². The molecule has 1 fully saturated rings. The van der Waals surface area contributed by atoms with Gasteiger partial charge in [0.05, 0.1) is 24.5 Å². The van der Waals surface area contributed by atoms with Gasteiger partial charge in [0.15, 0.2) is 5.82 Å². The number of aryl methyl sites for hydroxylation is 1. The van der Waals surface area contributed by atoms with Crippen LogP contribution in [-0.2, 0) is 16.9 Å². The summed E-state index contributed by atoms with van der Waals surface area (Å²) in [7, 11) is 0. The maximum atomic E-state index is 10.1. The topological polar surface area (TPSA) is 93.6 Å². The number of nitrogens with zero attached hydrogens (tertiary/aromatic N) is 2. The van der Waals surface area contributed by atoms with E-state index in [1.807, 2.05) is 12.1 Å². The lowest BCUT2D eigenvalue weighted by Crippen LogP contribution is -2.45. The maximum Gasteiger partial charge on any atom is 0.223 e. The minimum Gasteiger partial charge on any atom is -0.467 e. The first-order valence-electron chi connectivity index (χ1n) is 8.02. The van der Waals surface area contributed by atoms with Gasteiger partial charge in [0.25, 0.3) is 0 Å². The number of ether oxygens (including phenoxy) is 1. The van der Waals surface area contributed by atoms with Crippen molar-refractivity contribution in [2.45, 2.75) is 50.9 Å². The summed E-state index contributed by atoms with van der Waals surface area (Å²) >= 11 is 0. The lowest BCUT2D eigenvalue weighted by Gasteiger charge is -2.28. The summed E-state index contributed by atoms with van der Waals surface area (Å²) < 4.78 is 15.8. The van der Waals surface area contributed by atoms with Crippen molar-refractivity contribution in [2.75, 3.05) is 13.2 Å². The second kappa shape index (κ2) is 7.25. The van der Waals surface area contributed by atoms with E-state index in [0.717, 1.165) is 31.4 Å². The van der Waals surface area contributed by atoms with Crippen molar-refractivity contribution < 1.29 is 18.8 Å². The van der Waals surface area contributed by atoms with Gasteiger partial charge >= 0.3 is 0 Å². The predicted octanol–water partition coefficient (Wildman–Crippen LogP) is 1.91. The number of furan rings is 1. The van der Waals surface area contributed by atoms with Crippen molar-refractivity contribution in [3.63, 3.8) is 0 Å². The highest BCUT2D eigenvalue weighted by molar-refractivity contribution is 5.08. The molecule has 0 saturated heterocycles. The summed E-state index contributed by atoms with van der Waals surface area (Å²) in [5, 5.41) is 17.6. The Morgan fingerprint density at radius 2 is 2.26 bits per heavy atom. The van der Waals surface area contributed by atoms with E-state index in [-0.39, 0.29) is 12.1 Å². The highest BCUT2D eigenvalue weighted by Crippen LogP contribution is 2.37. The fraction of sp³-hybridized carbons (Fsp3) is 0.625. The van der Waals surface area contributed by atoms with Crippen LogP contribution in [0.25, 0.3) is 0 Å². The number of aliphatic hydroxyl groups excluding tert-OH is 1. The van der Waals surface area contributed by atoms with Crippen LogP contribution in [-0.4, -0.2) is 34.5 Å². The maximum absolute atomic E-state index is 10.1. The van der Waals surface area contributed by atoms with E-state index < -0.39 is 6.10 Å². The van der Waals surface area contributed by atoms with Gasteiger partial charge in [0.2, 0.25) is 5.89 Å². The molecule has 2 heterocycles. The van der Waals surface area contributed by atoms with E-state index in [1.54, 1.807) is 13.2 Å². The molecule has 2 aromatic heterocycles. The van der Waals surface area contributed by atoms with Crippen molar-refractivity contribution in [1.82, 2.24) is 15.5 Å². The molecule has 3 rings (SSSR count). The van der Waals surface area contributed by atoms with Crippen molar-refractivity contribution in [1.29, 1.82) is 0 Å². The molecule has 0 spiro atoms. The van der Waals surface area contributed by atoms with Crippen LogP contribution in [0.15, 0.2) is 27.3 Å². The standard InChI is InChI=1S/C16H23N3O4/c1-12-18-15(19-23-12)16(6-2-3-7-16)17-9-13(20)10-21-11-14-5-4-8-22-14/h4-5,8,13,17,20H,2-3,6-7,9-11H2,1H3. The van der Waals surface area contributed by atoms with Crippen LogP contribution in [0.3, 0.4) is 0 Å². The predicted molar refractivity (Wildman–Crippen MR) is 81.6 cm³/mol. The third kappa shape index (κ3) is 3.99. The van der Waals surface area contributed by atoms with Gasteiger partial charge in [-0.3, -0.25) is 0 Å². The van der Waals surface area contributed by atoms with Crippen LogP contribution in [0.2, 0.25) is 0 Å². The molecule has 1 atom stereocenters. The van der Waals surface area contributed by atoms with Gasteiger partial charge in [0.1, 0.15) is 12.4 Å². The molecule has 2 aromatic rings. The van der Waals surface area contributed by atoms with Crippen molar-refractivity contribution in [2.24, 2.45) is 0 Å². The molecular formula is C16H23N3O4. The summed E-state index contributed by atoms with van der Waals surface area (Å²) in [5.74, 6) is 2.01. The monoisotopic (exact) mass is 321 g/mol. The second-order valence-electron chi connectivity index (χ2n) is 6.06. The molecule has 126 valence electrons. The Hall–Kier alpha value is -1.70. The van der Waals surface area contributed by atoms with Crippen LogP contribution >= 0.6 is 0 Å². The van der Waals surface area contributed by atoms with E-state index in [9.17, 15) is 5.11 Å². The SMILES string of the molecule is Cc1nc(C2(NCC(O)COCc3ccco3)CCCC2)no1. The van der Waals surface area contributed by atoms with Crippen LogP contribution < -0.4 is 5.32 Å². The normalized spacial score (nSPS) is 18.3. The molecule has 0 aromatic carbocycles. The fourth-order valence-corrected chi connectivity index (χ4v) is 3.01. The minimum absolute atomic E-state index is 0.245. The third-order valence-electron chi connectivity index (χ3n) is 4.22. The zero-order chi connectivity index (χ0) is 16.1. The number of hydrogen-bond acceptors (Lipinski definition) is 7. The lowest BCUT2D eigenvalue weighted by atomic mass is 9.96. The molecule has 1 unspecified atom stereocenters. The highest BCUT2D eigenvalue weighted by Gasteiger charge is 2.39. The Labute approximate surface area is 135 Å². The molecule has 1 aliphatic carbocycles. The Bertz CT molecular complexity index is 590. The van der Waals surface area contributed by atoms with Crippen molar-refractivity contribution in [3.8, 4) is 0 Å². The molecule has 7 heteroatoms. The smallest absolute Gasteiger partial charge is 0.223 e. The molecule has 2 N–H and O–H groups in total. The second-order valence-corrected chi connectivity index (χ2v) is 6.06. The number of hydrogen-bond donors (Lipinski definition) is 2. The molecule has 1 saturated carbocycles. The zero-order valence-electron chi connectivity index (χ0n) is 13.3. The first-order valence-corrected chi connectivity index (χ1v) is 8.02. The molecule has 0 aliphatic heterocycles. The van der Waals surface area contributed by atoms with Crippen LogP contribution in [0.5, 0.6) is 0 Å². The van der Waals surface area contributed by atoms with Gasteiger partial charge < -0.3 is 24.1 Å². The molecular weight excluding hydrogens is 298 g/mol. The summed E-state index contributed by atoms with van der Waals surface area (Å²) in [5.41, 5.74) is -0.292. The first kappa shape index (κ1) is 16.2. The van der Waals surface area contributed by atoms with Crippen molar-refractivity contribution in [3.05, 3.63) is 35.9 Å². The van der Waals surface area contributed by atoms with Gasteiger partial charge in [-0.2, -0.15) is 4.98 Å². The summed E-state index contributed by atoms with van der Waals surface area (Å²) in [6.45, 7) is 2.82. The first-order chi connectivity index (χ1) is 11.2. The minimum atomic E-state index is -0.601.